The Bertz CT molecular complexity index is 656. The van der Waals surface area contributed by atoms with Crippen molar-refractivity contribution in [3.63, 3.8) is 0 Å². The summed E-state index contributed by atoms with van der Waals surface area (Å²) in [6, 6.07) is 5.96. The average Bonchev–Trinajstić information content (AvgIpc) is 3.21. The SMILES string of the molecule is O=C1[C@@H]2CN(Cc3ccoc3)C[C@H]2CCN1Cc1cccnc1. The van der Waals surface area contributed by atoms with Crippen molar-refractivity contribution in [2.75, 3.05) is 19.6 Å². The summed E-state index contributed by atoms with van der Waals surface area (Å²) < 4.78 is 5.14. The van der Waals surface area contributed by atoms with Crippen molar-refractivity contribution in [2.24, 2.45) is 11.8 Å². The average molecular weight is 311 g/mol. The van der Waals surface area contributed by atoms with E-state index in [0.717, 1.165) is 38.2 Å². The fraction of sp³-hybridized carbons (Fsp3) is 0.444. The number of pyridine rings is 1. The second kappa shape index (κ2) is 6.16. The number of nitrogens with zero attached hydrogens (tertiary/aromatic N) is 3. The number of carbonyl (C=O) groups excluding carboxylic acids is 1. The molecule has 4 rings (SSSR count). The van der Waals surface area contributed by atoms with Crippen LogP contribution in [0.25, 0.3) is 0 Å². The zero-order valence-corrected chi connectivity index (χ0v) is 13.1. The van der Waals surface area contributed by atoms with Crippen molar-refractivity contribution >= 4 is 5.91 Å². The molecule has 2 aromatic rings. The number of hydrogen-bond acceptors (Lipinski definition) is 4. The molecule has 23 heavy (non-hydrogen) atoms. The molecule has 0 spiro atoms. The van der Waals surface area contributed by atoms with Gasteiger partial charge in [0.25, 0.3) is 0 Å². The van der Waals surface area contributed by atoms with Crippen LogP contribution < -0.4 is 0 Å². The van der Waals surface area contributed by atoms with Gasteiger partial charge in [-0.15, -0.1) is 0 Å². The summed E-state index contributed by atoms with van der Waals surface area (Å²) in [5.74, 6) is 0.951. The fourth-order valence-electron chi connectivity index (χ4n) is 3.84. The van der Waals surface area contributed by atoms with Crippen molar-refractivity contribution in [1.29, 1.82) is 0 Å². The maximum Gasteiger partial charge on any atom is 0.227 e. The van der Waals surface area contributed by atoms with Crippen molar-refractivity contribution in [3.8, 4) is 0 Å². The molecule has 0 aromatic carbocycles. The topological polar surface area (TPSA) is 49.6 Å². The largest absolute Gasteiger partial charge is 0.472 e. The van der Waals surface area contributed by atoms with Crippen molar-refractivity contribution in [2.45, 2.75) is 19.5 Å². The Labute approximate surface area is 135 Å². The molecule has 5 nitrogen and oxygen atoms in total. The minimum atomic E-state index is 0.146. The van der Waals surface area contributed by atoms with Gasteiger partial charge < -0.3 is 9.32 Å². The first-order valence-electron chi connectivity index (χ1n) is 8.21. The zero-order chi connectivity index (χ0) is 15.6. The minimum absolute atomic E-state index is 0.146. The van der Waals surface area contributed by atoms with E-state index in [1.165, 1.54) is 5.56 Å². The number of amides is 1. The first-order valence-corrected chi connectivity index (χ1v) is 8.21. The van der Waals surface area contributed by atoms with Gasteiger partial charge in [0, 0.05) is 50.7 Å². The second-order valence-corrected chi connectivity index (χ2v) is 6.60. The Hall–Kier alpha value is -2.14. The van der Waals surface area contributed by atoms with Crippen LogP contribution in [-0.2, 0) is 17.9 Å². The summed E-state index contributed by atoms with van der Waals surface area (Å²) in [7, 11) is 0. The minimum Gasteiger partial charge on any atom is -0.472 e. The maximum atomic E-state index is 12.8. The summed E-state index contributed by atoms with van der Waals surface area (Å²) in [5, 5.41) is 0. The van der Waals surface area contributed by atoms with E-state index in [1.54, 1.807) is 18.7 Å². The summed E-state index contributed by atoms with van der Waals surface area (Å²) in [4.78, 5) is 21.3. The number of aromatic nitrogens is 1. The molecule has 2 aromatic heterocycles. The lowest BCUT2D eigenvalue weighted by molar-refractivity contribution is -0.140. The Morgan fingerprint density at radius 2 is 2.17 bits per heavy atom. The van der Waals surface area contributed by atoms with Crippen molar-refractivity contribution < 1.29 is 9.21 Å². The lowest BCUT2D eigenvalue weighted by Gasteiger charge is -2.33. The van der Waals surface area contributed by atoms with Gasteiger partial charge in [-0.2, -0.15) is 0 Å². The van der Waals surface area contributed by atoms with Crippen LogP contribution in [0.2, 0.25) is 0 Å². The van der Waals surface area contributed by atoms with Gasteiger partial charge in [0.05, 0.1) is 18.4 Å². The molecular formula is C18H21N3O2. The molecular weight excluding hydrogens is 290 g/mol. The van der Waals surface area contributed by atoms with Gasteiger partial charge in [-0.05, 0) is 30.0 Å². The quantitative estimate of drug-likeness (QED) is 0.868. The van der Waals surface area contributed by atoms with E-state index in [4.69, 9.17) is 4.42 Å². The predicted octanol–water partition coefficient (Wildman–Crippen LogP) is 2.16. The molecule has 4 heterocycles. The van der Waals surface area contributed by atoms with Gasteiger partial charge in [-0.25, -0.2) is 0 Å². The van der Waals surface area contributed by atoms with Gasteiger partial charge in [0.1, 0.15) is 0 Å². The third kappa shape index (κ3) is 3.01. The lowest BCUT2D eigenvalue weighted by atomic mass is 9.88. The molecule has 1 amide bonds. The van der Waals surface area contributed by atoms with Gasteiger partial charge in [0.2, 0.25) is 5.91 Å². The summed E-state index contributed by atoms with van der Waals surface area (Å²) in [6.45, 7) is 4.28. The van der Waals surface area contributed by atoms with E-state index in [1.807, 2.05) is 29.3 Å². The Balaban J connectivity index is 1.40. The number of rotatable bonds is 4. The Morgan fingerprint density at radius 3 is 2.96 bits per heavy atom. The van der Waals surface area contributed by atoms with Crippen LogP contribution in [0.5, 0.6) is 0 Å². The number of fused-ring (bicyclic) bond motifs is 1. The third-order valence-corrected chi connectivity index (χ3v) is 5.00. The van der Waals surface area contributed by atoms with Crippen LogP contribution in [0, 0.1) is 11.8 Å². The normalized spacial score (nSPS) is 24.9. The van der Waals surface area contributed by atoms with E-state index in [9.17, 15) is 4.79 Å². The van der Waals surface area contributed by atoms with Crippen LogP contribution in [0.3, 0.4) is 0 Å². The van der Waals surface area contributed by atoms with E-state index < -0.39 is 0 Å². The lowest BCUT2D eigenvalue weighted by Crippen LogP contribution is -2.44. The van der Waals surface area contributed by atoms with E-state index >= 15 is 0 Å². The third-order valence-electron chi connectivity index (χ3n) is 5.00. The van der Waals surface area contributed by atoms with Crippen molar-refractivity contribution in [3.05, 3.63) is 54.2 Å². The number of hydrogen-bond donors (Lipinski definition) is 0. The van der Waals surface area contributed by atoms with Crippen LogP contribution in [0.1, 0.15) is 17.5 Å². The monoisotopic (exact) mass is 311 g/mol. The standard InChI is InChI=1S/C18H21N3O2/c22-18-17-12-20(9-15-4-7-23-13-15)11-16(17)3-6-21(18)10-14-2-1-5-19-8-14/h1-2,4-5,7-8,13,16-17H,3,6,9-12H2/t16-,17-/m1/s1. The molecule has 2 saturated heterocycles. The van der Waals surface area contributed by atoms with E-state index in [0.29, 0.717) is 18.4 Å². The highest BCUT2D eigenvalue weighted by molar-refractivity contribution is 5.80. The molecule has 0 unspecified atom stereocenters. The first kappa shape index (κ1) is 14.5. The number of likely N-dealkylation sites (tertiary alicyclic amines) is 2. The van der Waals surface area contributed by atoms with Crippen LogP contribution in [0.15, 0.2) is 47.5 Å². The second-order valence-electron chi connectivity index (χ2n) is 6.60. The maximum absolute atomic E-state index is 12.8. The molecule has 0 aliphatic carbocycles. The Kier molecular flexibility index (Phi) is 3.87. The molecule has 120 valence electrons. The number of carbonyl (C=O) groups is 1. The molecule has 5 heteroatoms. The molecule has 0 N–H and O–H groups in total. The molecule has 2 aliphatic rings. The highest BCUT2D eigenvalue weighted by Gasteiger charge is 2.42. The molecule has 2 fully saturated rings. The number of furan rings is 1. The molecule has 2 aliphatic heterocycles. The van der Waals surface area contributed by atoms with Gasteiger partial charge in [-0.1, -0.05) is 6.07 Å². The van der Waals surface area contributed by atoms with E-state index in [2.05, 4.69) is 9.88 Å². The van der Waals surface area contributed by atoms with Gasteiger partial charge in [0.15, 0.2) is 0 Å². The van der Waals surface area contributed by atoms with Gasteiger partial charge >= 0.3 is 0 Å². The first-order chi connectivity index (χ1) is 11.3. The van der Waals surface area contributed by atoms with Gasteiger partial charge in [-0.3, -0.25) is 14.7 Å². The highest BCUT2D eigenvalue weighted by Crippen LogP contribution is 2.33. The van der Waals surface area contributed by atoms with Crippen molar-refractivity contribution in [1.82, 2.24) is 14.8 Å². The van der Waals surface area contributed by atoms with Crippen LogP contribution >= 0.6 is 0 Å². The summed E-state index contributed by atoms with van der Waals surface area (Å²) in [5.41, 5.74) is 2.29. The van der Waals surface area contributed by atoms with Crippen LogP contribution in [0.4, 0.5) is 0 Å². The smallest absolute Gasteiger partial charge is 0.227 e. The summed E-state index contributed by atoms with van der Waals surface area (Å²) >= 11 is 0. The molecule has 0 radical (unpaired) electrons. The molecule has 0 bridgehead atoms. The predicted molar refractivity (Wildman–Crippen MR) is 85.2 cm³/mol. The highest BCUT2D eigenvalue weighted by atomic mass is 16.3. The number of piperidine rings is 1. The Morgan fingerprint density at radius 1 is 1.22 bits per heavy atom. The zero-order valence-electron chi connectivity index (χ0n) is 13.1. The molecule has 0 saturated carbocycles. The van der Waals surface area contributed by atoms with Crippen LogP contribution in [-0.4, -0.2) is 40.3 Å². The van der Waals surface area contributed by atoms with E-state index in [-0.39, 0.29) is 5.92 Å². The summed E-state index contributed by atoms with van der Waals surface area (Å²) in [6.07, 6.45) is 8.21. The fourth-order valence-corrected chi connectivity index (χ4v) is 3.84. The molecule has 2 atom stereocenters.